The highest BCUT2D eigenvalue weighted by atomic mass is 16.3. The fourth-order valence-electron chi connectivity index (χ4n) is 8.11. The Morgan fingerprint density at radius 3 is 2.36 bits per heavy atom. The Hall–Kier alpha value is -0.160. The van der Waals surface area contributed by atoms with Crippen LogP contribution < -0.4 is 0 Å². The Kier molecular flexibility index (Phi) is 4.13. The highest BCUT2D eigenvalue weighted by Gasteiger charge is 2.67. The van der Waals surface area contributed by atoms with Crippen LogP contribution >= 0.6 is 0 Å². The van der Waals surface area contributed by atoms with Gasteiger partial charge in [-0.3, -0.25) is 0 Å². The minimum absolute atomic E-state index is 0.162. The van der Waals surface area contributed by atoms with Crippen LogP contribution in [0.5, 0.6) is 0 Å². The molecule has 4 aliphatic carbocycles. The summed E-state index contributed by atoms with van der Waals surface area (Å²) < 4.78 is 0. The smallest absolute Gasteiger partial charge is 0.0985 e. The van der Waals surface area contributed by atoms with Gasteiger partial charge in [0.15, 0.2) is 0 Å². The molecule has 0 saturated heterocycles. The van der Waals surface area contributed by atoms with Gasteiger partial charge in [-0.15, -0.1) is 0 Å². The van der Waals surface area contributed by atoms with Crippen LogP contribution in [0.25, 0.3) is 0 Å². The van der Waals surface area contributed by atoms with Crippen LogP contribution in [0.4, 0.5) is 0 Å². The first-order valence-electron chi connectivity index (χ1n) is 10.4. The first-order chi connectivity index (χ1) is 11.7. The van der Waals surface area contributed by atoms with E-state index >= 15 is 0 Å². The lowest BCUT2D eigenvalue weighted by Gasteiger charge is -2.65. The third-order valence-electron chi connectivity index (χ3n) is 9.52. The molecular formula is C21H36O4. The first kappa shape index (κ1) is 18.2. The maximum atomic E-state index is 11.4. The van der Waals surface area contributed by atoms with Crippen molar-refractivity contribution in [3.05, 3.63) is 0 Å². The van der Waals surface area contributed by atoms with Crippen LogP contribution in [-0.2, 0) is 0 Å². The normalized spacial score (nSPS) is 61.3. The summed E-state index contributed by atoms with van der Waals surface area (Å²) in [5, 5.41) is 43.2. The van der Waals surface area contributed by atoms with E-state index in [-0.39, 0.29) is 16.9 Å². The third kappa shape index (κ3) is 2.20. The molecular weight excluding hydrogens is 316 g/mol. The lowest BCUT2D eigenvalue weighted by molar-refractivity contribution is -0.264. The molecule has 4 nitrogen and oxygen atoms in total. The number of aliphatic hydroxyl groups excluding tert-OH is 3. The zero-order valence-electron chi connectivity index (χ0n) is 16.0. The number of aliphatic hydroxyl groups is 4. The average Bonchev–Trinajstić information content (AvgIpc) is 2.80. The largest absolute Gasteiger partial charge is 0.393 e. The van der Waals surface area contributed by atoms with Crippen molar-refractivity contribution >= 4 is 0 Å². The van der Waals surface area contributed by atoms with Gasteiger partial charge < -0.3 is 20.4 Å². The van der Waals surface area contributed by atoms with Crippen LogP contribution in [0.1, 0.15) is 72.1 Å². The second kappa shape index (κ2) is 5.67. The summed E-state index contributed by atoms with van der Waals surface area (Å²) in [5.41, 5.74) is -1.33. The van der Waals surface area contributed by atoms with Crippen molar-refractivity contribution in [1.82, 2.24) is 0 Å². The molecule has 4 rings (SSSR count). The van der Waals surface area contributed by atoms with Crippen molar-refractivity contribution in [3.8, 4) is 0 Å². The van der Waals surface area contributed by atoms with E-state index in [0.717, 1.165) is 38.5 Å². The van der Waals surface area contributed by atoms with Crippen molar-refractivity contribution in [2.24, 2.45) is 34.5 Å². The number of hydrogen-bond donors (Lipinski definition) is 4. The summed E-state index contributed by atoms with van der Waals surface area (Å²) in [7, 11) is 0. The maximum absolute atomic E-state index is 11.4. The molecule has 0 aromatic carbocycles. The molecule has 144 valence electrons. The predicted octanol–water partition coefficient (Wildman–Crippen LogP) is 2.47. The van der Waals surface area contributed by atoms with Crippen molar-refractivity contribution in [1.29, 1.82) is 0 Å². The van der Waals surface area contributed by atoms with Crippen molar-refractivity contribution in [2.75, 3.05) is 0 Å². The van der Waals surface area contributed by atoms with Gasteiger partial charge in [0, 0.05) is 11.8 Å². The van der Waals surface area contributed by atoms with Crippen LogP contribution in [-0.4, -0.2) is 44.3 Å². The summed E-state index contributed by atoms with van der Waals surface area (Å²) in [6.45, 7) is 6.70. The van der Waals surface area contributed by atoms with Crippen molar-refractivity contribution in [2.45, 2.75) is 96.1 Å². The topological polar surface area (TPSA) is 80.9 Å². The van der Waals surface area contributed by atoms with Crippen LogP contribution in [0.3, 0.4) is 0 Å². The Labute approximate surface area is 151 Å². The van der Waals surface area contributed by atoms with Gasteiger partial charge in [0.1, 0.15) is 0 Å². The quantitative estimate of drug-likeness (QED) is 0.584. The molecule has 0 radical (unpaired) electrons. The monoisotopic (exact) mass is 352 g/mol. The molecule has 25 heavy (non-hydrogen) atoms. The summed E-state index contributed by atoms with van der Waals surface area (Å²) in [4.78, 5) is 0. The SMILES string of the molecule is CC[C@H]1C(O)C[C@H]2[C@@H]3CC(O)C4(O)CC(O)CC[C@]4(C)[C@H]3CC[C@]12C. The van der Waals surface area contributed by atoms with Gasteiger partial charge in [-0.05, 0) is 67.6 Å². The van der Waals surface area contributed by atoms with Gasteiger partial charge in [0.2, 0.25) is 0 Å². The van der Waals surface area contributed by atoms with Crippen molar-refractivity contribution < 1.29 is 20.4 Å². The highest BCUT2D eigenvalue weighted by Crippen LogP contribution is 2.68. The lowest BCUT2D eigenvalue weighted by atomic mass is 9.42. The molecule has 4 heteroatoms. The van der Waals surface area contributed by atoms with Gasteiger partial charge in [0.25, 0.3) is 0 Å². The lowest BCUT2D eigenvalue weighted by Crippen LogP contribution is -2.68. The molecule has 4 saturated carbocycles. The van der Waals surface area contributed by atoms with Gasteiger partial charge in [-0.25, -0.2) is 0 Å². The Morgan fingerprint density at radius 2 is 1.68 bits per heavy atom. The molecule has 0 spiro atoms. The van der Waals surface area contributed by atoms with E-state index < -0.39 is 17.8 Å². The summed E-state index contributed by atoms with van der Waals surface area (Å²) in [6.07, 6.45) is 4.97. The van der Waals surface area contributed by atoms with E-state index in [2.05, 4.69) is 20.8 Å². The standard InChI is InChI=1S/C21H36O4/c1-4-14-17(23)10-16-13-9-18(24)21(25)11-12(22)5-8-20(21,3)15(13)6-7-19(14,16)2/h12-18,22-25H,4-11H2,1-3H3/t12?,13-,14+,15+,16+,17?,18?,19-,20-,21?/m1/s1. The number of rotatable bonds is 1. The number of hydrogen-bond acceptors (Lipinski definition) is 4. The zero-order chi connectivity index (χ0) is 18.2. The van der Waals surface area contributed by atoms with Gasteiger partial charge in [0.05, 0.1) is 23.9 Å². The Balaban J connectivity index is 1.70. The van der Waals surface area contributed by atoms with Crippen LogP contribution in [0, 0.1) is 34.5 Å². The van der Waals surface area contributed by atoms with E-state index in [4.69, 9.17) is 0 Å². The first-order valence-corrected chi connectivity index (χ1v) is 10.4. The molecule has 4 unspecified atom stereocenters. The Morgan fingerprint density at radius 1 is 0.960 bits per heavy atom. The van der Waals surface area contributed by atoms with Crippen molar-refractivity contribution in [3.63, 3.8) is 0 Å². The molecule has 4 fully saturated rings. The predicted molar refractivity (Wildman–Crippen MR) is 95.8 cm³/mol. The van der Waals surface area contributed by atoms with Gasteiger partial charge in [-0.2, -0.15) is 0 Å². The van der Waals surface area contributed by atoms with E-state index in [9.17, 15) is 20.4 Å². The van der Waals surface area contributed by atoms with E-state index in [1.807, 2.05) is 0 Å². The fraction of sp³-hybridized carbons (Fsp3) is 1.00. The zero-order valence-corrected chi connectivity index (χ0v) is 16.0. The van der Waals surface area contributed by atoms with Gasteiger partial charge in [-0.1, -0.05) is 27.2 Å². The molecule has 0 aromatic rings. The molecule has 0 heterocycles. The second-order valence-electron chi connectivity index (χ2n) is 10.2. The summed E-state index contributed by atoms with van der Waals surface area (Å²) >= 11 is 0. The maximum Gasteiger partial charge on any atom is 0.0985 e. The molecule has 10 atom stereocenters. The summed E-state index contributed by atoms with van der Waals surface area (Å²) in [6, 6.07) is 0. The molecule has 4 N–H and O–H groups in total. The molecule has 0 aromatic heterocycles. The minimum Gasteiger partial charge on any atom is -0.393 e. The highest BCUT2D eigenvalue weighted by molar-refractivity contribution is 5.17. The van der Waals surface area contributed by atoms with Crippen LogP contribution in [0.2, 0.25) is 0 Å². The average molecular weight is 353 g/mol. The Bertz CT molecular complexity index is 538. The third-order valence-corrected chi connectivity index (χ3v) is 9.52. The van der Waals surface area contributed by atoms with E-state index in [1.165, 1.54) is 0 Å². The molecule has 4 aliphatic rings. The number of fused-ring (bicyclic) bond motifs is 5. The minimum atomic E-state index is -1.17. The van der Waals surface area contributed by atoms with Crippen LogP contribution in [0.15, 0.2) is 0 Å². The molecule has 0 amide bonds. The van der Waals surface area contributed by atoms with E-state index in [1.54, 1.807) is 0 Å². The second-order valence-corrected chi connectivity index (χ2v) is 10.2. The molecule has 0 aliphatic heterocycles. The summed E-state index contributed by atoms with van der Waals surface area (Å²) in [5.74, 6) is 1.56. The fourth-order valence-corrected chi connectivity index (χ4v) is 8.11. The van der Waals surface area contributed by atoms with Gasteiger partial charge >= 0.3 is 0 Å². The van der Waals surface area contributed by atoms with E-state index in [0.29, 0.717) is 36.5 Å². The molecule has 0 bridgehead atoms.